The summed E-state index contributed by atoms with van der Waals surface area (Å²) in [6, 6.07) is 8.13. The highest BCUT2D eigenvalue weighted by molar-refractivity contribution is 9.10. The van der Waals surface area contributed by atoms with Gasteiger partial charge in [-0.3, -0.25) is 0 Å². The zero-order chi connectivity index (χ0) is 13.7. The van der Waals surface area contributed by atoms with Gasteiger partial charge in [-0.1, -0.05) is 15.9 Å². The molecule has 0 saturated carbocycles. The zero-order valence-corrected chi connectivity index (χ0v) is 11.7. The molecule has 0 fully saturated rings. The molecule has 0 saturated heterocycles. The fraction of sp³-hybridized carbons (Fsp3) is 0.231. The van der Waals surface area contributed by atoms with Crippen molar-refractivity contribution in [2.75, 3.05) is 18.5 Å². The molecule has 2 N–H and O–H groups in total. The highest BCUT2D eigenvalue weighted by Crippen LogP contribution is 2.24. The first-order valence-electron chi connectivity index (χ1n) is 5.84. The molecular formula is C13H13BrFN3O. The molecular weight excluding hydrogens is 313 g/mol. The highest BCUT2D eigenvalue weighted by atomic mass is 79.9. The summed E-state index contributed by atoms with van der Waals surface area (Å²) in [6.07, 6.45) is 0.643. The van der Waals surface area contributed by atoms with Crippen LogP contribution in [0.2, 0.25) is 0 Å². The van der Waals surface area contributed by atoms with Gasteiger partial charge in [-0.2, -0.15) is 0 Å². The Morgan fingerprint density at radius 1 is 1.21 bits per heavy atom. The Labute approximate surface area is 118 Å². The van der Waals surface area contributed by atoms with Crippen molar-refractivity contribution in [1.82, 2.24) is 10.2 Å². The minimum absolute atomic E-state index is 0.127. The number of hydrogen-bond donors (Lipinski definition) is 2. The van der Waals surface area contributed by atoms with Crippen LogP contribution in [0, 0.1) is 5.82 Å². The van der Waals surface area contributed by atoms with E-state index < -0.39 is 0 Å². The second-order valence-electron chi connectivity index (χ2n) is 3.93. The second kappa shape index (κ2) is 6.58. The Balaban J connectivity index is 2.15. The fourth-order valence-corrected chi connectivity index (χ4v) is 1.92. The molecule has 0 aliphatic heterocycles. The van der Waals surface area contributed by atoms with E-state index in [0.29, 0.717) is 30.0 Å². The minimum atomic E-state index is -0.335. The van der Waals surface area contributed by atoms with E-state index in [1.165, 1.54) is 6.07 Å². The van der Waals surface area contributed by atoms with Gasteiger partial charge < -0.3 is 10.4 Å². The molecule has 4 nitrogen and oxygen atoms in total. The molecule has 0 aliphatic carbocycles. The third kappa shape index (κ3) is 3.71. The summed E-state index contributed by atoms with van der Waals surface area (Å²) in [5, 5.41) is 19.7. The number of aliphatic hydroxyl groups is 1. The Morgan fingerprint density at radius 2 is 2.05 bits per heavy atom. The van der Waals surface area contributed by atoms with Gasteiger partial charge in [-0.05, 0) is 36.8 Å². The van der Waals surface area contributed by atoms with Crippen molar-refractivity contribution in [3.05, 3.63) is 40.6 Å². The van der Waals surface area contributed by atoms with E-state index in [9.17, 15) is 4.39 Å². The van der Waals surface area contributed by atoms with Gasteiger partial charge in [-0.25, -0.2) is 4.39 Å². The lowest BCUT2D eigenvalue weighted by molar-refractivity contribution is 0.292. The third-order valence-electron chi connectivity index (χ3n) is 2.51. The lowest BCUT2D eigenvalue weighted by atomic mass is 10.1. The van der Waals surface area contributed by atoms with Gasteiger partial charge in [0.25, 0.3) is 0 Å². The SMILES string of the molecule is OCCCNc1ccc(-c2cc(Br)ccc2F)nn1. The summed E-state index contributed by atoms with van der Waals surface area (Å²) in [6.45, 7) is 0.748. The van der Waals surface area contributed by atoms with Crippen molar-refractivity contribution in [3.8, 4) is 11.3 Å². The average molecular weight is 326 g/mol. The number of halogens is 2. The molecule has 1 aromatic carbocycles. The summed E-state index contributed by atoms with van der Waals surface area (Å²) in [5.74, 6) is 0.270. The van der Waals surface area contributed by atoms with Crippen molar-refractivity contribution in [3.63, 3.8) is 0 Å². The predicted molar refractivity (Wildman–Crippen MR) is 75.3 cm³/mol. The first-order valence-corrected chi connectivity index (χ1v) is 6.64. The standard InChI is InChI=1S/C13H13BrFN3O/c14-9-2-3-11(15)10(8-9)12-4-5-13(18-17-12)16-6-1-7-19/h2-5,8,19H,1,6-7H2,(H,16,18). The van der Waals surface area contributed by atoms with Crippen LogP contribution in [-0.4, -0.2) is 28.5 Å². The lowest BCUT2D eigenvalue weighted by Gasteiger charge is -2.06. The molecule has 0 bridgehead atoms. The maximum atomic E-state index is 13.7. The molecule has 0 spiro atoms. The monoisotopic (exact) mass is 325 g/mol. The molecule has 2 rings (SSSR count). The second-order valence-corrected chi connectivity index (χ2v) is 4.85. The number of nitrogens with one attached hydrogen (secondary N) is 1. The van der Waals surface area contributed by atoms with Gasteiger partial charge in [0.1, 0.15) is 11.6 Å². The van der Waals surface area contributed by atoms with Crippen LogP contribution in [0.25, 0.3) is 11.3 Å². The van der Waals surface area contributed by atoms with Gasteiger partial charge in [0.2, 0.25) is 0 Å². The van der Waals surface area contributed by atoms with Crippen LogP contribution in [0.1, 0.15) is 6.42 Å². The maximum Gasteiger partial charge on any atom is 0.148 e. The first-order chi connectivity index (χ1) is 9.20. The quantitative estimate of drug-likeness (QED) is 0.830. The number of rotatable bonds is 5. The molecule has 0 aliphatic rings. The van der Waals surface area contributed by atoms with Crippen molar-refractivity contribution < 1.29 is 9.50 Å². The molecule has 19 heavy (non-hydrogen) atoms. The lowest BCUT2D eigenvalue weighted by Crippen LogP contribution is -2.05. The minimum Gasteiger partial charge on any atom is -0.396 e. The van der Waals surface area contributed by atoms with E-state index in [0.717, 1.165) is 4.47 Å². The Kier molecular flexibility index (Phi) is 4.81. The van der Waals surface area contributed by atoms with Gasteiger partial charge >= 0.3 is 0 Å². The van der Waals surface area contributed by atoms with E-state index in [-0.39, 0.29) is 12.4 Å². The fourth-order valence-electron chi connectivity index (χ4n) is 1.56. The summed E-state index contributed by atoms with van der Waals surface area (Å²) >= 11 is 3.30. The van der Waals surface area contributed by atoms with Crippen LogP contribution in [0.4, 0.5) is 10.2 Å². The molecule has 1 heterocycles. The molecule has 0 radical (unpaired) electrons. The molecule has 0 unspecified atom stereocenters. The van der Waals surface area contributed by atoms with Gasteiger partial charge in [-0.15, -0.1) is 10.2 Å². The van der Waals surface area contributed by atoms with Gasteiger partial charge in [0.15, 0.2) is 0 Å². The average Bonchev–Trinajstić information content (AvgIpc) is 2.43. The van der Waals surface area contributed by atoms with Crippen molar-refractivity contribution in [2.45, 2.75) is 6.42 Å². The van der Waals surface area contributed by atoms with Crippen LogP contribution in [0.3, 0.4) is 0 Å². The van der Waals surface area contributed by atoms with Crippen LogP contribution < -0.4 is 5.32 Å². The van der Waals surface area contributed by atoms with Crippen LogP contribution in [0.15, 0.2) is 34.8 Å². The van der Waals surface area contributed by atoms with Crippen LogP contribution in [-0.2, 0) is 0 Å². The van der Waals surface area contributed by atoms with Gasteiger partial charge in [0, 0.05) is 23.2 Å². The number of nitrogens with zero attached hydrogens (tertiary/aromatic N) is 2. The number of aliphatic hydroxyl groups excluding tert-OH is 1. The van der Waals surface area contributed by atoms with E-state index in [4.69, 9.17) is 5.11 Å². The first kappa shape index (κ1) is 13.9. The summed E-state index contributed by atoms with van der Waals surface area (Å²) in [7, 11) is 0. The number of aromatic nitrogens is 2. The molecule has 0 atom stereocenters. The Bertz CT molecular complexity index is 548. The predicted octanol–water partition coefficient (Wildman–Crippen LogP) is 2.84. The number of anilines is 1. The van der Waals surface area contributed by atoms with E-state index in [2.05, 4.69) is 31.4 Å². The van der Waals surface area contributed by atoms with Crippen molar-refractivity contribution >= 4 is 21.7 Å². The molecule has 100 valence electrons. The molecule has 2 aromatic rings. The van der Waals surface area contributed by atoms with Crippen LogP contribution >= 0.6 is 15.9 Å². The molecule has 0 amide bonds. The maximum absolute atomic E-state index is 13.7. The molecule has 6 heteroatoms. The normalized spacial score (nSPS) is 10.5. The van der Waals surface area contributed by atoms with Gasteiger partial charge in [0.05, 0.1) is 5.69 Å². The smallest absolute Gasteiger partial charge is 0.148 e. The molecule has 1 aromatic heterocycles. The van der Waals surface area contributed by atoms with E-state index in [1.807, 2.05) is 0 Å². The summed E-state index contributed by atoms with van der Waals surface area (Å²) in [4.78, 5) is 0. The van der Waals surface area contributed by atoms with E-state index in [1.54, 1.807) is 24.3 Å². The third-order valence-corrected chi connectivity index (χ3v) is 3.00. The Hall–Kier alpha value is -1.53. The zero-order valence-electron chi connectivity index (χ0n) is 10.1. The van der Waals surface area contributed by atoms with E-state index >= 15 is 0 Å². The number of benzene rings is 1. The highest BCUT2D eigenvalue weighted by Gasteiger charge is 2.07. The summed E-state index contributed by atoms with van der Waals surface area (Å²) < 4.78 is 14.5. The largest absolute Gasteiger partial charge is 0.396 e. The summed E-state index contributed by atoms with van der Waals surface area (Å²) in [5.41, 5.74) is 0.885. The topological polar surface area (TPSA) is 58.0 Å². The van der Waals surface area contributed by atoms with Crippen LogP contribution in [0.5, 0.6) is 0 Å². The number of hydrogen-bond acceptors (Lipinski definition) is 4. The van der Waals surface area contributed by atoms with Crippen molar-refractivity contribution in [1.29, 1.82) is 0 Å². The van der Waals surface area contributed by atoms with Crippen molar-refractivity contribution in [2.24, 2.45) is 0 Å². The Morgan fingerprint density at radius 3 is 2.74 bits per heavy atom.